The van der Waals surface area contributed by atoms with Crippen LogP contribution in [-0.2, 0) is 0 Å². The number of hydrogen-bond acceptors (Lipinski definition) is 3. The zero-order valence-corrected chi connectivity index (χ0v) is 14.6. The van der Waals surface area contributed by atoms with Crippen molar-refractivity contribution in [1.82, 2.24) is 20.1 Å². The molecule has 0 aliphatic carbocycles. The summed E-state index contributed by atoms with van der Waals surface area (Å²) in [4.78, 5) is 18.5. The predicted octanol–water partition coefficient (Wildman–Crippen LogP) is 3.89. The molecule has 1 amide bonds. The lowest BCUT2D eigenvalue weighted by Gasteiger charge is -2.16. The van der Waals surface area contributed by atoms with Gasteiger partial charge in [-0.1, -0.05) is 17.7 Å². The van der Waals surface area contributed by atoms with Crippen LogP contribution in [0.25, 0.3) is 11.3 Å². The van der Waals surface area contributed by atoms with Gasteiger partial charge in [0.1, 0.15) is 11.5 Å². The minimum atomic E-state index is -0.356. The molecule has 132 valence electrons. The normalized spacial score (nSPS) is 16.8. The molecule has 1 atom stereocenters. The van der Waals surface area contributed by atoms with Gasteiger partial charge in [-0.05, 0) is 42.3 Å². The van der Waals surface area contributed by atoms with Crippen molar-refractivity contribution in [3.05, 3.63) is 70.9 Å². The SMILES string of the molecule is O=C(c1cc(-c2ccncc2)n[nH]1)N1CCC(c2ccc(F)cc2Cl)C1. The Balaban J connectivity index is 1.49. The average molecular weight is 371 g/mol. The number of nitrogens with one attached hydrogen (secondary N) is 1. The molecule has 1 saturated heterocycles. The van der Waals surface area contributed by atoms with Crippen LogP contribution in [0.3, 0.4) is 0 Å². The van der Waals surface area contributed by atoms with E-state index in [2.05, 4.69) is 15.2 Å². The van der Waals surface area contributed by atoms with Crippen molar-refractivity contribution in [1.29, 1.82) is 0 Å². The van der Waals surface area contributed by atoms with Crippen LogP contribution in [0, 0.1) is 5.82 Å². The third kappa shape index (κ3) is 3.20. The van der Waals surface area contributed by atoms with Crippen LogP contribution < -0.4 is 0 Å². The lowest BCUT2D eigenvalue weighted by Crippen LogP contribution is -2.28. The Morgan fingerprint density at radius 3 is 2.81 bits per heavy atom. The summed E-state index contributed by atoms with van der Waals surface area (Å²) in [5, 5.41) is 7.44. The fraction of sp³-hybridized carbons (Fsp3) is 0.211. The van der Waals surface area contributed by atoms with Gasteiger partial charge in [0.25, 0.3) is 5.91 Å². The smallest absolute Gasteiger partial charge is 0.271 e. The van der Waals surface area contributed by atoms with E-state index in [4.69, 9.17) is 11.6 Å². The molecule has 1 fully saturated rings. The first-order valence-corrected chi connectivity index (χ1v) is 8.69. The van der Waals surface area contributed by atoms with E-state index in [9.17, 15) is 9.18 Å². The number of likely N-dealkylation sites (tertiary alicyclic amines) is 1. The Bertz CT molecular complexity index is 944. The first-order chi connectivity index (χ1) is 12.6. The summed E-state index contributed by atoms with van der Waals surface area (Å²) in [5.41, 5.74) is 2.92. The molecule has 3 heterocycles. The van der Waals surface area contributed by atoms with E-state index in [1.54, 1.807) is 29.4 Å². The summed E-state index contributed by atoms with van der Waals surface area (Å²) in [6.45, 7) is 1.18. The van der Waals surface area contributed by atoms with Crippen LogP contribution in [0.5, 0.6) is 0 Å². The van der Waals surface area contributed by atoms with Crippen molar-refractivity contribution in [2.45, 2.75) is 12.3 Å². The van der Waals surface area contributed by atoms with Crippen molar-refractivity contribution in [2.24, 2.45) is 0 Å². The summed E-state index contributed by atoms with van der Waals surface area (Å²) in [5.74, 6) is -0.348. The fourth-order valence-electron chi connectivity index (χ4n) is 3.30. The topological polar surface area (TPSA) is 61.9 Å². The molecule has 1 aliphatic rings. The summed E-state index contributed by atoms with van der Waals surface area (Å²) in [7, 11) is 0. The highest BCUT2D eigenvalue weighted by Crippen LogP contribution is 2.33. The van der Waals surface area contributed by atoms with E-state index >= 15 is 0 Å². The number of halogens is 2. The summed E-state index contributed by atoms with van der Waals surface area (Å²) >= 11 is 6.16. The maximum atomic E-state index is 13.2. The number of pyridine rings is 1. The van der Waals surface area contributed by atoms with Gasteiger partial charge in [0.15, 0.2) is 0 Å². The monoisotopic (exact) mass is 370 g/mol. The van der Waals surface area contributed by atoms with Gasteiger partial charge in [-0.15, -0.1) is 0 Å². The lowest BCUT2D eigenvalue weighted by molar-refractivity contribution is 0.0785. The molecule has 2 aromatic heterocycles. The maximum Gasteiger partial charge on any atom is 0.271 e. The Morgan fingerprint density at radius 2 is 2.04 bits per heavy atom. The molecule has 0 spiro atoms. The van der Waals surface area contributed by atoms with Gasteiger partial charge in [0.2, 0.25) is 0 Å². The van der Waals surface area contributed by atoms with Gasteiger partial charge in [-0.3, -0.25) is 14.9 Å². The van der Waals surface area contributed by atoms with Gasteiger partial charge in [-0.2, -0.15) is 5.10 Å². The number of nitrogens with zero attached hydrogens (tertiary/aromatic N) is 3. The number of carbonyl (C=O) groups is 1. The van der Waals surface area contributed by atoms with Gasteiger partial charge < -0.3 is 4.90 Å². The van der Waals surface area contributed by atoms with Gasteiger partial charge in [0, 0.05) is 42.0 Å². The molecule has 0 radical (unpaired) electrons. The van der Waals surface area contributed by atoms with Gasteiger partial charge >= 0.3 is 0 Å². The van der Waals surface area contributed by atoms with Gasteiger partial charge in [0.05, 0.1) is 5.69 Å². The zero-order chi connectivity index (χ0) is 18.1. The molecule has 4 rings (SSSR count). The second-order valence-corrected chi connectivity index (χ2v) is 6.71. The first kappa shape index (κ1) is 16.7. The van der Waals surface area contributed by atoms with Crippen LogP contribution in [-0.4, -0.2) is 39.1 Å². The third-order valence-electron chi connectivity index (χ3n) is 4.66. The van der Waals surface area contributed by atoms with E-state index in [1.807, 2.05) is 12.1 Å². The molecule has 0 bridgehead atoms. The Hall–Kier alpha value is -2.73. The van der Waals surface area contributed by atoms with Crippen molar-refractivity contribution in [3.63, 3.8) is 0 Å². The van der Waals surface area contributed by atoms with Crippen molar-refractivity contribution >= 4 is 17.5 Å². The van der Waals surface area contributed by atoms with Crippen LogP contribution in [0.15, 0.2) is 48.8 Å². The summed E-state index contributed by atoms with van der Waals surface area (Å²) in [6.07, 6.45) is 4.16. The summed E-state index contributed by atoms with van der Waals surface area (Å²) < 4.78 is 13.2. The van der Waals surface area contributed by atoms with Crippen LogP contribution >= 0.6 is 11.6 Å². The fourth-order valence-corrected chi connectivity index (χ4v) is 3.62. The third-order valence-corrected chi connectivity index (χ3v) is 4.99. The number of hydrogen-bond donors (Lipinski definition) is 1. The van der Waals surface area contributed by atoms with Crippen LogP contribution in [0.1, 0.15) is 28.4 Å². The largest absolute Gasteiger partial charge is 0.337 e. The number of rotatable bonds is 3. The molecule has 1 N–H and O–H groups in total. The zero-order valence-electron chi connectivity index (χ0n) is 13.8. The van der Waals surface area contributed by atoms with E-state index in [-0.39, 0.29) is 17.6 Å². The minimum absolute atomic E-state index is 0.0986. The molecule has 7 heteroatoms. The Labute approximate surface area is 154 Å². The van der Waals surface area contributed by atoms with Gasteiger partial charge in [-0.25, -0.2) is 4.39 Å². The molecule has 0 saturated carbocycles. The number of carbonyl (C=O) groups excluding carboxylic acids is 1. The average Bonchev–Trinajstić information content (AvgIpc) is 3.32. The maximum absolute atomic E-state index is 13.2. The number of benzene rings is 1. The molecular formula is C19H16ClFN4O. The molecule has 26 heavy (non-hydrogen) atoms. The second kappa shape index (κ2) is 6.88. The Kier molecular flexibility index (Phi) is 4.42. The standard InChI is InChI=1S/C19H16ClFN4O/c20-16-9-14(21)1-2-15(16)13-5-8-25(11-13)19(26)18-10-17(23-24-18)12-3-6-22-7-4-12/h1-4,6-7,9-10,13H,5,8,11H2,(H,23,24). The highest BCUT2D eigenvalue weighted by molar-refractivity contribution is 6.31. The highest BCUT2D eigenvalue weighted by atomic mass is 35.5. The van der Waals surface area contributed by atoms with Crippen molar-refractivity contribution in [2.75, 3.05) is 13.1 Å². The minimum Gasteiger partial charge on any atom is -0.337 e. The van der Waals surface area contributed by atoms with E-state index in [0.29, 0.717) is 29.5 Å². The van der Waals surface area contributed by atoms with Crippen LogP contribution in [0.2, 0.25) is 5.02 Å². The number of amides is 1. The molecule has 1 unspecified atom stereocenters. The highest BCUT2D eigenvalue weighted by Gasteiger charge is 2.30. The van der Waals surface area contributed by atoms with E-state index in [1.165, 1.54) is 12.1 Å². The first-order valence-electron chi connectivity index (χ1n) is 8.32. The van der Waals surface area contributed by atoms with Crippen molar-refractivity contribution in [3.8, 4) is 11.3 Å². The van der Waals surface area contributed by atoms with E-state index < -0.39 is 0 Å². The lowest BCUT2D eigenvalue weighted by atomic mass is 9.98. The van der Waals surface area contributed by atoms with Crippen LogP contribution in [0.4, 0.5) is 4.39 Å². The number of aromatic amines is 1. The molecule has 1 aromatic carbocycles. The van der Waals surface area contributed by atoms with E-state index in [0.717, 1.165) is 17.5 Å². The number of aromatic nitrogens is 3. The van der Waals surface area contributed by atoms with Crippen molar-refractivity contribution < 1.29 is 9.18 Å². The predicted molar refractivity (Wildman–Crippen MR) is 96.5 cm³/mol. The molecular weight excluding hydrogens is 355 g/mol. The number of H-pyrrole nitrogens is 1. The molecule has 3 aromatic rings. The molecule has 1 aliphatic heterocycles. The molecule has 5 nitrogen and oxygen atoms in total. The summed E-state index contributed by atoms with van der Waals surface area (Å²) in [6, 6.07) is 9.85. The quantitative estimate of drug-likeness (QED) is 0.760. The Morgan fingerprint density at radius 1 is 1.23 bits per heavy atom. The second-order valence-electron chi connectivity index (χ2n) is 6.31.